The number of hydrogen-bond donors (Lipinski definition) is 0. The van der Waals surface area contributed by atoms with Gasteiger partial charge in [-0.15, -0.1) is 0 Å². The van der Waals surface area contributed by atoms with Crippen LogP contribution in [0.4, 0.5) is 0 Å². The Balaban J connectivity index is 2.68. The molecule has 0 aliphatic heterocycles. The van der Waals surface area contributed by atoms with Gasteiger partial charge in [-0.1, -0.05) is 30.7 Å². The van der Waals surface area contributed by atoms with Gasteiger partial charge in [0.25, 0.3) is 5.91 Å². The summed E-state index contributed by atoms with van der Waals surface area (Å²) < 4.78 is 10.2. The monoisotopic (exact) mass is 356 g/mol. The van der Waals surface area contributed by atoms with Crippen molar-refractivity contribution in [2.24, 2.45) is 5.92 Å². The number of carbonyl (C=O) groups is 2. The summed E-state index contributed by atoms with van der Waals surface area (Å²) in [7, 11) is 5.19. The van der Waals surface area contributed by atoms with E-state index in [0.717, 1.165) is 0 Å². The second-order valence-electron chi connectivity index (χ2n) is 5.79. The van der Waals surface area contributed by atoms with Gasteiger partial charge in [-0.25, -0.2) is 0 Å². The molecule has 1 aromatic carbocycles. The van der Waals surface area contributed by atoms with Crippen LogP contribution in [0.5, 0.6) is 5.75 Å². The lowest BCUT2D eigenvalue weighted by molar-refractivity contribution is -0.146. The molecule has 0 saturated heterocycles. The Morgan fingerprint density at radius 3 is 2.46 bits per heavy atom. The van der Waals surface area contributed by atoms with E-state index in [-0.39, 0.29) is 25.0 Å². The molecule has 6 nitrogen and oxygen atoms in total. The van der Waals surface area contributed by atoms with E-state index in [0.29, 0.717) is 23.9 Å². The maximum atomic E-state index is 12.5. The Kier molecular flexibility index (Phi) is 8.57. The number of halogens is 1. The number of rotatable bonds is 9. The summed E-state index contributed by atoms with van der Waals surface area (Å²) in [5, 5.41) is 0.452. The third kappa shape index (κ3) is 6.76. The maximum Gasteiger partial charge on any atom is 0.310 e. The van der Waals surface area contributed by atoms with Crippen molar-refractivity contribution in [1.82, 2.24) is 9.80 Å². The zero-order valence-corrected chi connectivity index (χ0v) is 15.4. The quantitative estimate of drug-likeness (QED) is 0.633. The van der Waals surface area contributed by atoms with Crippen LogP contribution in [0.1, 0.15) is 6.92 Å². The van der Waals surface area contributed by atoms with Crippen molar-refractivity contribution in [3.8, 4) is 5.75 Å². The SMILES string of the molecule is COC(=O)C(C)CN(CCN(C)C)C(=O)COc1ccccc1Cl. The smallest absolute Gasteiger partial charge is 0.310 e. The summed E-state index contributed by atoms with van der Waals surface area (Å²) in [6, 6.07) is 6.98. The molecule has 0 bridgehead atoms. The largest absolute Gasteiger partial charge is 0.482 e. The number of esters is 1. The van der Waals surface area contributed by atoms with Gasteiger partial charge >= 0.3 is 5.97 Å². The number of amides is 1. The lowest BCUT2D eigenvalue weighted by atomic mass is 10.1. The molecule has 0 heterocycles. The van der Waals surface area contributed by atoms with Gasteiger partial charge in [-0.3, -0.25) is 9.59 Å². The number of methoxy groups -OCH3 is 1. The van der Waals surface area contributed by atoms with E-state index in [4.69, 9.17) is 21.1 Å². The average molecular weight is 357 g/mol. The highest BCUT2D eigenvalue weighted by atomic mass is 35.5. The van der Waals surface area contributed by atoms with Gasteiger partial charge in [-0.2, -0.15) is 0 Å². The minimum atomic E-state index is -0.401. The molecule has 1 unspecified atom stereocenters. The predicted molar refractivity (Wildman–Crippen MR) is 93.3 cm³/mol. The van der Waals surface area contributed by atoms with Crippen LogP contribution in [0.3, 0.4) is 0 Å². The van der Waals surface area contributed by atoms with Crippen molar-refractivity contribution in [2.75, 3.05) is 47.4 Å². The first-order valence-electron chi connectivity index (χ1n) is 7.72. The summed E-state index contributed by atoms with van der Waals surface area (Å²) in [5.74, 6) is -0.486. The molecule has 0 radical (unpaired) electrons. The van der Waals surface area contributed by atoms with E-state index in [1.165, 1.54) is 7.11 Å². The van der Waals surface area contributed by atoms with Gasteiger partial charge in [-0.05, 0) is 26.2 Å². The molecule has 0 spiro atoms. The normalized spacial score (nSPS) is 11.9. The number of nitrogens with zero attached hydrogens (tertiary/aromatic N) is 2. The zero-order chi connectivity index (χ0) is 18.1. The van der Waals surface area contributed by atoms with E-state index in [2.05, 4.69) is 0 Å². The van der Waals surface area contributed by atoms with Crippen molar-refractivity contribution in [2.45, 2.75) is 6.92 Å². The van der Waals surface area contributed by atoms with E-state index >= 15 is 0 Å². The van der Waals surface area contributed by atoms with E-state index < -0.39 is 5.92 Å². The minimum Gasteiger partial charge on any atom is -0.482 e. The van der Waals surface area contributed by atoms with E-state index in [1.54, 1.807) is 36.1 Å². The van der Waals surface area contributed by atoms with Crippen LogP contribution in [0.15, 0.2) is 24.3 Å². The Labute approximate surface area is 148 Å². The molecule has 0 N–H and O–H groups in total. The van der Waals surface area contributed by atoms with Gasteiger partial charge < -0.3 is 19.3 Å². The van der Waals surface area contributed by atoms with Crippen molar-refractivity contribution >= 4 is 23.5 Å². The standard InChI is InChI=1S/C17H25ClN2O4/c1-13(17(22)23-4)11-20(10-9-19(2)3)16(21)12-24-15-8-6-5-7-14(15)18/h5-8,13H,9-12H2,1-4H3. The Hall–Kier alpha value is -1.79. The number of hydrogen-bond acceptors (Lipinski definition) is 5. The molecular weight excluding hydrogens is 332 g/mol. The molecular formula is C17H25ClN2O4. The van der Waals surface area contributed by atoms with Gasteiger partial charge in [0.05, 0.1) is 18.1 Å². The first kappa shape index (κ1) is 20.3. The van der Waals surface area contributed by atoms with Gasteiger partial charge in [0.2, 0.25) is 0 Å². The summed E-state index contributed by atoms with van der Waals surface area (Å²) in [6.45, 7) is 3.07. The fraction of sp³-hybridized carbons (Fsp3) is 0.529. The summed E-state index contributed by atoms with van der Waals surface area (Å²) in [5.41, 5.74) is 0. The van der Waals surface area contributed by atoms with Crippen LogP contribution < -0.4 is 4.74 Å². The second kappa shape index (κ2) is 10.2. The van der Waals surface area contributed by atoms with Crippen LogP contribution in [0, 0.1) is 5.92 Å². The lowest BCUT2D eigenvalue weighted by Gasteiger charge is -2.26. The second-order valence-corrected chi connectivity index (χ2v) is 6.19. The molecule has 0 aliphatic rings. The number of ether oxygens (including phenoxy) is 2. The number of carbonyl (C=O) groups excluding carboxylic acids is 2. The molecule has 1 amide bonds. The fourth-order valence-electron chi connectivity index (χ4n) is 2.04. The zero-order valence-electron chi connectivity index (χ0n) is 14.6. The Bertz CT molecular complexity index is 551. The molecule has 1 rings (SSSR count). The Morgan fingerprint density at radius 2 is 1.88 bits per heavy atom. The first-order chi connectivity index (χ1) is 11.3. The third-order valence-corrected chi connectivity index (χ3v) is 3.77. The van der Waals surface area contributed by atoms with Gasteiger partial charge in [0.1, 0.15) is 5.75 Å². The van der Waals surface area contributed by atoms with Gasteiger partial charge in [0.15, 0.2) is 6.61 Å². The molecule has 1 atom stereocenters. The van der Waals surface area contributed by atoms with Crippen LogP contribution in [-0.2, 0) is 14.3 Å². The molecule has 1 aromatic rings. The summed E-state index contributed by atoms with van der Waals surface area (Å²) >= 11 is 6.02. The first-order valence-corrected chi connectivity index (χ1v) is 8.10. The van der Waals surface area contributed by atoms with E-state index in [9.17, 15) is 9.59 Å². The highest BCUT2D eigenvalue weighted by Gasteiger charge is 2.22. The summed E-state index contributed by atoms with van der Waals surface area (Å²) in [6.07, 6.45) is 0. The maximum absolute atomic E-state index is 12.5. The number of para-hydroxylation sites is 1. The molecule has 0 fully saturated rings. The molecule has 134 valence electrons. The number of likely N-dealkylation sites (N-methyl/N-ethyl adjacent to an activating group) is 1. The van der Waals surface area contributed by atoms with Crippen LogP contribution in [-0.4, -0.2) is 69.1 Å². The predicted octanol–water partition coefficient (Wildman–Crippen LogP) is 1.92. The minimum absolute atomic E-state index is 0.134. The van der Waals surface area contributed by atoms with Crippen molar-refractivity contribution < 1.29 is 19.1 Å². The van der Waals surface area contributed by atoms with Gasteiger partial charge in [0, 0.05) is 19.6 Å². The topological polar surface area (TPSA) is 59.1 Å². The highest BCUT2D eigenvalue weighted by Crippen LogP contribution is 2.23. The number of benzene rings is 1. The Morgan fingerprint density at radius 1 is 1.21 bits per heavy atom. The molecule has 7 heteroatoms. The van der Waals surface area contributed by atoms with Crippen LogP contribution >= 0.6 is 11.6 Å². The van der Waals surface area contributed by atoms with Crippen molar-refractivity contribution in [1.29, 1.82) is 0 Å². The molecule has 24 heavy (non-hydrogen) atoms. The fourth-order valence-corrected chi connectivity index (χ4v) is 2.23. The molecule has 0 aromatic heterocycles. The average Bonchev–Trinajstić information content (AvgIpc) is 2.56. The van der Waals surface area contributed by atoms with Crippen molar-refractivity contribution in [3.05, 3.63) is 29.3 Å². The third-order valence-electron chi connectivity index (χ3n) is 3.46. The lowest BCUT2D eigenvalue weighted by Crippen LogP contribution is -2.43. The van der Waals surface area contributed by atoms with Crippen LogP contribution in [0.2, 0.25) is 5.02 Å². The molecule has 0 saturated carbocycles. The summed E-state index contributed by atoms with van der Waals surface area (Å²) in [4.78, 5) is 27.7. The molecule has 0 aliphatic carbocycles. The van der Waals surface area contributed by atoms with E-state index in [1.807, 2.05) is 19.0 Å². The van der Waals surface area contributed by atoms with Crippen LogP contribution in [0.25, 0.3) is 0 Å². The highest BCUT2D eigenvalue weighted by molar-refractivity contribution is 6.32. The van der Waals surface area contributed by atoms with Crippen molar-refractivity contribution in [3.63, 3.8) is 0 Å².